The van der Waals surface area contributed by atoms with Crippen molar-refractivity contribution < 1.29 is 4.84 Å². The van der Waals surface area contributed by atoms with Crippen molar-refractivity contribution in [1.82, 2.24) is 0 Å². The van der Waals surface area contributed by atoms with Crippen LogP contribution in [-0.2, 0) is 4.84 Å². The van der Waals surface area contributed by atoms with E-state index < -0.39 is 0 Å². The van der Waals surface area contributed by atoms with Gasteiger partial charge in [-0.25, -0.2) is 5.90 Å². The van der Waals surface area contributed by atoms with Gasteiger partial charge in [0.25, 0.3) is 0 Å². The highest BCUT2D eigenvalue weighted by atomic mass is 16.6. The summed E-state index contributed by atoms with van der Waals surface area (Å²) in [6, 6.07) is 4.52. The Kier molecular flexibility index (Phi) is 3.69. The maximum absolute atomic E-state index is 5.15. The Bertz CT molecular complexity index is 380. The Hall–Kier alpha value is -1.06. The van der Waals surface area contributed by atoms with E-state index >= 15 is 0 Å². The molecule has 1 aromatic rings. The summed E-state index contributed by atoms with van der Waals surface area (Å²) in [5.41, 5.74) is 5.48. The standard InChI is InChI=1S/C14H22N2O/c1-10-6-11(2)14(12(3)7-10)16-5-4-13(8-16)9-17-15/h6-7,13H,4-5,8-9,15H2,1-3H3. The SMILES string of the molecule is Cc1cc(C)c(N2CCC(CON)C2)c(C)c1. The van der Waals surface area contributed by atoms with Gasteiger partial charge >= 0.3 is 0 Å². The molecule has 1 unspecified atom stereocenters. The molecule has 3 heteroatoms. The predicted molar refractivity (Wildman–Crippen MR) is 71.1 cm³/mol. The number of nitrogens with two attached hydrogens (primary N) is 1. The first-order valence-corrected chi connectivity index (χ1v) is 6.26. The zero-order valence-corrected chi connectivity index (χ0v) is 11.0. The van der Waals surface area contributed by atoms with Gasteiger partial charge in [0.1, 0.15) is 0 Å². The molecule has 0 amide bonds. The molecule has 0 bridgehead atoms. The second-order valence-corrected chi connectivity index (χ2v) is 5.18. The topological polar surface area (TPSA) is 38.5 Å². The van der Waals surface area contributed by atoms with Gasteiger partial charge < -0.3 is 9.74 Å². The van der Waals surface area contributed by atoms with Crippen LogP contribution in [0.2, 0.25) is 0 Å². The van der Waals surface area contributed by atoms with Crippen LogP contribution in [0.3, 0.4) is 0 Å². The molecule has 1 heterocycles. The molecule has 3 nitrogen and oxygen atoms in total. The van der Waals surface area contributed by atoms with Gasteiger partial charge in [0, 0.05) is 24.7 Å². The van der Waals surface area contributed by atoms with Crippen molar-refractivity contribution in [2.24, 2.45) is 11.8 Å². The normalized spacial score (nSPS) is 20.0. The Morgan fingerprint density at radius 1 is 1.29 bits per heavy atom. The molecule has 0 aromatic heterocycles. The number of anilines is 1. The van der Waals surface area contributed by atoms with Crippen LogP contribution >= 0.6 is 0 Å². The zero-order chi connectivity index (χ0) is 12.4. The van der Waals surface area contributed by atoms with Crippen molar-refractivity contribution in [2.45, 2.75) is 27.2 Å². The van der Waals surface area contributed by atoms with Crippen LogP contribution in [0.1, 0.15) is 23.1 Å². The molecule has 0 aliphatic carbocycles. The van der Waals surface area contributed by atoms with E-state index in [1.165, 1.54) is 28.8 Å². The lowest BCUT2D eigenvalue weighted by molar-refractivity contribution is 0.108. The van der Waals surface area contributed by atoms with Gasteiger partial charge in [0.15, 0.2) is 0 Å². The summed E-state index contributed by atoms with van der Waals surface area (Å²) >= 11 is 0. The summed E-state index contributed by atoms with van der Waals surface area (Å²) in [4.78, 5) is 7.23. The van der Waals surface area contributed by atoms with Crippen LogP contribution in [0.4, 0.5) is 5.69 Å². The van der Waals surface area contributed by atoms with E-state index in [1.807, 2.05) is 0 Å². The van der Waals surface area contributed by atoms with Gasteiger partial charge in [-0.05, 0) is 38.3 Å². The summed E-state index contributed by atoms with van der Waals surface area (Å²) in [6.07, 6.45) is 1.17. The second-order valence-electron chi connectivity index (χ2n) is 5.18. The molecule has 94 valence electrons. The van der Waals surface area contributed by atoms with E-state index in [4.69, 9.17) is 10.7 Å². The maximum atomic E-state index is 5.15. The first-order chi connectivity index (χ1) is 8.11. The molecule has 1 saturated heterocycles. The molecule has 0 radical (unpaired) electrons. The molecule has 0 spiro atoms. The average molecular weight is 234 g/mol. The molecule has 1 aromatic carbocycles. The van der Waals surface area contributed by atoms with Crippen LogP contribution in [0.15, 0.2) is 12.1 Å². The molecular formula is C14H22N2O. The summed E-state index contributed by atoms with van der Waals surface area (Å²) in [6.45, 7) is 9.38. The number of nitrogens with zero attached hydrogens (tertiary/aromatic N) is 1. The van der Waals surface area contributed by atoms with Crippen LogP contribution in [0.5, 0.6) is 0 Å². The summed E-state index contributed by atoms with van der Waals surface area (Å²) in [5, 5.41) is 0. The lowest BCUT2D eigenvalue weighted by Crippen LogP contribution is -2.23. The first kappa shape index (κ1) is 12.4. The fourth-order valence-corrected chi connectivity index (χ4v) is 2.98. The van der Waals surface area contributed by atoms with Gasteiger partial charge in [-0.15, -0.1) is 0 Å². The highest BCUT2D eigenvalue weighted by molar-refractivity contribution is 5.60. The number of benzene rings is 1. The molecular weight excluding hydrogens is 212 g/mol. The minimum Gasteiger partial charge on any atom is -0.371 e. The lowest BCUT2D eigenvalue weighted by atomic mass is 10.0. The third kappa shape index (κ3) is 2.61. The van der Waals surface area contributed by atoms with Gasteiger partial charge in [-0.1, -0.05) is 17.7 Å². The van der Waals surface area contributed by atoms with E-state index in [9.17, 15) is 0 Å². The molecule has 1 aliphatic heterocycles. The first-order valence-electron chi connectivity index (χ1n) is 6.26. The number of hydrogen-bond donors (Lipinski definition) is 1. The minimum atomic E-state index is 0.570. The highest BCUT2D eigenvalue weighted by Crippen LogP contribution is 2.30. The van der Waals surface area contributed by atoms with Crippen LogP contribution < -0.4 is 10.8 Å². The fraction of sp³-hybridized carbons (Fsp3) is 0.571. The quantitative estimate of drug-likeness (QED) is 0.816. The van der Waals surface area contributed by atoms with Crippen molar-refractivity contribution in [2.75, 3.05) is 24.6 Å². The molecule has 17 heavy (non-hydrogen) atoms. The van der Waals surface area contributed by atoms with E-state index in [2.05, 4.69) is 37.8 Å². The lowest BCUT2D eigenvalue weighted by Gasteiger charge is -2.23. The third-order valence-corrected chi connectivity index (χ3v) is 3.57. The minimum absolute atomic E-state index is 0.570. The van der Waals surface area contributed by atoms with Crippen molar-refractivity contribution in [3.8, 4) is 0 Å². The maximum Gasteiger partial charge on any atom is 0.0724 e. The zero-order valence-electron chi connectivity index (χ0n) is 11.0. The van der Waals surface area contributed by atoms with Crippen LogP contribution in [0.25, 0.3) is 0 Å². The van der Waals surface area contributed by atoms with Gasteiger partial charge in [-0.3, -0.25) is 0 Å². The van der Waals surface area contributed by atoms with Gasteiger partial charge in [-0.2, -0.15) is 0 Å². The van der Waals surface area contributed by atoms with E-state index in [1.54, 1.807) is 0 Å². The molecule has 2 rings (SSSR count). The molecule has 0 saturated carbocycles. The van der Waals surface area contributed by atoms with Crippen molar-refractivity contribution in [3.63, 3.8) is 0 Å². The Balaban J connectivity index is 2.19. The van der Waals surface area contributed by atoms with Crippen molar-refractivity contribution in [3.05, 3.63) is 28.8 Å². The average Bonchev–Trinajstić information content (AvgIpc) is 2.65. The van der Waals surface area contributed by atoms with Crippen LogP contribution in [-0.4, -0.2) is 19.7 Å². The molecule has 2 N–H and O–H groups in total. The molecule has 1 fully saturated rings. The van der Waals surface area contributed by atoms with E-state index in [-0.39, 0.29) is 0 Å². The molecule has 1 atom stereocenters. The van der Waals surface area contributed by atoms with Crippen molar-refractivity contribution >= 4 is 5.69 Å². The van der Waals surface area contributed by atoms with Crippen LogP contribution in [0, 0.1) is 26.7 Å². The number of hydrogen-bond acceptors (Lipinski definition) is 3. The monoisotopic (exact) mass is 234 g/mol. The highest BCUT2D eigenvalue weighted by Gasteiger charge is 2.24. The second kappa shape index (κ2) is 5.07. The summed E-state index contributed by atoms with van der Waals surface area (Å²) < 4.78 is 0. The van der Waals surface area contributed by atoms with Gasteiger partial charge in [0.2, 0.25) is 0 Å². The Labute approximate surface area is 104 Å². The van der Waals surface area contributed by atoms with Crippen molar-refractivity contribution in [1.29, 1.82) is 0 Å². The smallest absolute Gasteiger partial charge is 0.0724 e. The fourth-order valence-electron chi connectivity index (χ4n) is 2.98. The number of aryl methyl sites for hydroxylation is 3. The Morgan fingerprint density at radius 3 is 2.53 bits per heavy atom. The summed E-state index contributed by atoms with van der Waals surface area (Å²) in [5.74, 6) is 5.72. The van der Waals surface area contributed by atoms with E-state index in [0.29, 0.717) is 12.5 Å². The predicted octanol–water partition coefficient (Wildman–Crippen LogP) is 2.33. The number of rotatable bonds is 3. The molecule has 1 aliphatic rings. The van der Waals surface area contributed by atoms with Gasteiger partial charge in [0.05, 0.1) is 6.61 Å². The summed E-state index contributed by atoms with van der Waals surface area (Å²) in [7, 11) is 0. The van der Waals surface area contributed by atoms with E-state index in [0.717, 1.165) is 13.1 Å². The third-order valence-electron chi connectivity index (χ3n) is 3.57. The Morgan fingerprint density at radius 2 is 1.94 bits per heavy atom. The largest absolute Gasteiger partial charge is 0.371 e.